The van der Waals surface area contributed by atoms with Crippen LogP contribution < -0.4 is 10.6 Å². The number of hydrogen-bond acceptors (Lipinski definition) is 3. The lowest BCUT2D eigenvalue weighted by atomic mass is 10.1. The number of benzene rings is 1. The van der Waals surface area contributed by atoms with E-state index in [0.717, 1.165) is 18.4 Å². The second kappa shape index (κ2) is 6.92. The number of ether oxygens (including phenoxy) is 1. The van der Waals surface area contributed by atoms with Crippen LogP contribution in [0.2, 0.25) is 0 Å². The van der Waals surface area contributed by atoms with Gasteiger partial charge in [0, 0.05) is 18.3 Å². The standard InChI is InChI=1S/C17H24N2O3/c1-4-22-17(2,3)16(21)19-14-7-5-12(6-8-14)11-15(20)18-13-9-10-13/h5-8,13H,4,9-11H2,1-3H3,(H,18,20)(H,19,21). The summed E-state index contributed by atoms with van der Waals surface area (Å²) in [6.07, 6.45) is 2.55. The minimum Gasteiger partial charge on any atom is -0.366 e. The van der Waals surface area contributed by atoms with E-state index in [4.69, 9.17) is 4.74 Å². The first kappa shape index (κ1) is 16.5. The normalized spacial score (nSPS) is 14.5. The van der Waals surface area contributed by atoms with Gasteiger partial charge in [-0.25, -0.2) is 0 Å². The molecule has 0 spiro atoms. The Morgan fingerprint density at radius 3 is 2.41 bits per heavy atom. The highest BCUT2D eigenvalue weighted by atomic mass is 16.5. The van der Waals surface area contributed by atoms with Gasteiger partial charge in [0.1, 0.15) is 5.60 Å². The maximum absolute atomic E-state index is 12.1. The molecule has 0 saturated heterocycles. The molecule has 1 fully saturated rings. The summed E-state index contributed by atoms with van der Waals surface area (Å²) in [7, 11) is 0. The Hall–Kier alpha value is -1.88. The van der Waals surface area contributed by atoms with Gasteiger partial charge < -0.3 is 15.4 Å². The largest absolute Gasteiger partial charge is 0.366 e. The summed E-state index contributed by atoms with van der Waals surface area (Å²) in [5.74, 6) is -0.134. The summed E-state index contributed by atoms with van der Waals surface area (Å²) in [6.45, 7) is 5.82. The van der Waals surface area contributed by atoms with Crippen LogP contribution in [0.15, 0.2) is 24.3 Å². The third kappa shape index (κ3) is 4.84. The second-order valence-corrected chi connectivity index (χ2v) is 6.11. The van der Waals surface area contributed by atoms with Gasteiger partial charge in [0.2, 0.25) is 5.91 Å². The Morgan fingerprint density at radius 2 is 1.86 bits per heavy atom. The van der Waals surface area contributed by atoms with Gasteiger partial charge >= 0.3 is 0 Å². The van der Waals surface area contributed by atoms with E-state index in [0.29, 0.717) is 24.8 Å². The van der Waals surface area contributed by atoms with Gasteiger partial charge in [0.05, 0.1) is 6.42 Å². The van der Waals surface area contributed by atoms with Crippen LogP contribution >= 0.6 is 0 Å². The summed E-state index contributed by atoms with van der Waals surface area (Å²) in [5.41, 5.74) is 0.766. The maximum atomic E-state index is 12.1. The highest BCUT2D eigenvalue weighted by Gasteiger charge is 2.28. The molecule has 0 unspecified atom stereocenters. The Kier molecular flexibility index (Phi) is 5.19. The number of carbonyl (C=O) groups is 2. The second-order valence-electron chi connectivity index (χ2n) is 6.11. The van der Waals surface area contributed by atoms with Crippen LogP contribution in [0.1, 0.15) is 39.2 Å². The zero-order valence-electron chi connectivity index (χ0n) is 13.4. The van der Waals surface area contributed by atoms with E-state index in [9.17, 15) is 9.59 Å². The van der Waals surface area contributed by atoms with Crippen LogP contribution in [-0.2, 0) is 20.7 Å². The first-order chi connectivity index (χ1) is 10.4. The minimum atomic E-state index is -0.864. The summed E-state index contributed by atoms with van der Waals surface area (Å²) >= 11 is 0. The number of carbonyl (C=O) groups excluding carboxylic acids is 2. The first-order valence-corrected chi connectivity index (χ1v) is 7.74. The van der Waals surface area contributed by atoms with Crippen LogP contribution in [0, 0.1) is 0 Å². The molecule has 0 bridgehead atoms. The molecule has 2 rings (SSSR count). The Bertz CT molecular complexity index is 533. The molecule has 2 amide bonds. The predicted molar refractivity (Wildman–Crippen MR) is 85.6 cm³/mol. The molecule has 2 N–H and O–H groups in total. The van der Waals surface area contributed by atoms with Crippen molar-refractivity contribution in [2.24, 2.45) is 0 Å². The van der Waals surface area contributed by atoms with E-state index in [1.807, 2.05) is 19.1 Å². The number of nitrogens with one attached hydrogen (secondary N) is 2. The van der Waals surface area contributed by atoms with Crippen molar-refractivity contribution in [1.82, 2.24) is 5.32 Å². The zero-order chi connectivity index (χ0) is 16.2. The smallest absolute Gasteiger partial charge is 0.256 e. The molecule has 0 atom stereocenters. The summed E-state index contributed by atoms with van der Waals surface area (Å²) in [5, 5.41) is 5.78. The molecule has 1 aliphatic carbocycles. The number of anilines is 1. The molecule has 1 aromatic carbocycles. The van der Waals surface area contributed by atoms with Gasteiger partial charge in [0.25, 0.3) is 5.91 Å². The average molecular weight is 304 g/mol. The van der Waals surface area contributed by atoms with Crippen LogP contribution in [0.3, 0.4) is 0 Å². The number of amides is 2. The van der Waals surface area contributed by atoms with Crippen LogP contribution in [0.5, 0.6) is 0 Å². The van der Waals surface area contributed by atoms with Crippen molar-refractivity contribution < 1.29 is 14.3 Å². The van der Waals surface area contributed by atoms with Crippen molar-refractivity contribution in [2.75, 3.05) is 11.9 Å². The molecule has 120 valence electrons. The fraction of sp³-hybridized carbons (Fsp3) is 0.529. The van der Waals surface area contributed by atoms with Crippen molar-refractivity contribution in [1.29, 1.82) is 0 Å². The van der Waals surface area contributed by atoms with Crippen molar-refractivity contribution in [3.8, 4) is 0 Å². The van der Waals surface area contributed by atoms with Crippen LogP contribution in [0.25, 0.3) is 0 Å². The van der Waals surface area contributed by atoms with Crippen LogP contribution in [0.4, 0.5) is 5.69 Å². The topological polar surface area (TPSA) is 67.4 Å². The first-order valence-electron chi connectivity index (χ1n) is 7.74. The van der Waals surface area contributed by atoms with Gasteiger partial charge in [0.15, 0.2) is 0 Å². The highest BCUT2D eigenvalue weighted by Crippen LogP contribution is 2.19. The Labute approximate surface area is 131 Å². The minimum absolute atomic E-state index is 0.0526. The molecule has 5 heteroatoms. The maximum Gasteiger partial charge on any atom is 0.256 e. The van der Waals surface area contributed by atoms with E-state index < -0.39 is 5.60 Å². The van der Waals surface area contributed by atoms with Gasteiger partial charge in [-0.2, -0.15) is 0 Å². The monoisotopic (exact) mass is 304 g/mol. The molecule has 22 heavy (non-hydrogen) atoms. The fourth-order valence-corrected chi connectivity index (χ4v) is 2.11. The molecular weight excluding hydrogens is 280 g/mol. The molecule has 1 aromatic rings. The van der Waals surface area contributed by atoms with E-state index in [-0.39, 0.29) is 11.8 Å². The van der Waals surface area contributed by atoms with Crippen molar-refractivity contribution in [2.45, 2.75) is 51.7 Å². The summed E-state index contributed by atoms with van der Waals surface area (Å²) in [4.78, 5) is 23.8. The molecule has 0 aromatic heterocycles. The highest BCUT2D eigenvalue weighted by molar-refractivity contribution is 5.96. The van der Waals surface area contributed by atoms with E-state index in [1.54, 1.807) is 26.0 Å². The fourth-order valence-electron chi connectivity index (χ4n) is 2.11. The van der Waals surface area contributed by atoms with E-state index in [2.05, 4.69) is 10.6 Å². The van der Waals surface area contributed by atoms with E-state index in [1.165, 1.54) is 0 Å². The van der Waals surface area contributed by atoms with Crippen molar-refractivity contribution in [3.05, 3.63) is 29.8 Å². The van der Waals surface area contributed by atoms with Gasteiger partial charge in [-0.1, -0.05) is 12.1 Å². The van der Waals surface area contributed by atoms with Crippen LogP contribution in [-0.4, -0.2) is 30.1 Å². The lowest BCUT2D eigenvalue weighted by Crippen LogP contribution is -2.39. The van der Waals surface area contributed by atoms with E-state index >= 15 is 0 Å². The third-order valence-electron chi connectivity index (χ3n) is 3.57. The lowest BCUT2D eigenvalue weighted by Gasteiger charge is -2.23. The lowest BCUT2D eigenvalue weighted by molar-refractivity contribution is -0.136. The zero-order valence-corrected chi connectivity index (χ0v) is 13.4. The number of rotatable bonds is 7. The molecular formula is C17H24N2O3. The van der Waals surface area contributed by atoms with Gasteiger partial charge in [-0.3, -0.25) is 9.59 Å². The quantitative estimate of drug-likeness (QED) is 0.812. The van der Waals surface area contributed by atoms with Gasteiger partial charge in [-0.15, -0.1) is 0 Å². The molecule has 5 nitrogen and oxygen atoms in total. The Morgan fingerprint density at radius 1 is 1.23 bits per heavy atom. The summed E-state index contributed by atoms with van der Waals surface area (Å²) < 4.78 is 5.42. The van der Waals surface area contributed by atoms with Crippen molar-refractivity contribution >= 4 is 17.5 Å². The van der Waals surface area contributed by atoms with Gasteiger partial charge in [-0.05, 0) is 51.3 Å². The predicted octanol–water partition coefficient (Wildman–Crippen LogP) is 2.26. The molecule has 0 heterocycles. The number of hydrogen-bond donors (Lipinski definition) is 2. The SMILES string of the molecule is CCOC(C)(C)C(=O)Nc1ccc(CC(=O)NC2CC2)cc1. The average Bonchev–Trinajstić information content (AvgIpc) is 3.24. The third-order valence-corrected chi connectivity index (χ3v) is 3.57. The molecule has 1 saturated carbocycles. The molecule has 0 radical (unpaired) electrons. The summed E-state index contributed by atoms with van der Waals surface area (Å²) in [6, 6.07) is 7.71. The Balaban J connectivity index is 1.88. The van der Waals surface area contributed by atoms with Crippen molar-refractivity contribution in [3.63, 3.8) is 0 Å². The molecule has 1 aliphatic rings. The molecule has 0 aliphatic heterocycles.